The first-order valence-corrected chi connectivity index (χ1v) is 8.57. The van der Waals surface area contributed by atoms with Gasteiger partial charge in [-0.15, -0.1) is 0 Å². The lowest BCUT2D eigenvalue weighted by molar-refractivity contribution is 0.315. The van der Waals surface area contributed by atoms with Crippen LogP contribution in [-0.2, 0) is 6.54 Å². The number of hydrogen-bond acceptors (Lipinski definition) is 2. The van der Waals surface area contributed by atoms with Crippen molar-refractivity contribution in [2.75, 3.05) is 20.1 Å². The van der Waals surface area contributed by atoms with Gasteiger partial charge < -0.3 is 10.2 Å². The lowest BCUT2D eigenvalue weighted by Crippen LogP contribution is -2.34. The van der Waals surface area contributed by atoms with Crippen molar-refractivity contribution in [2.45, 2.75) is 52.1 Å². The van der Waals surface area contributed by atoms with Gasteiger partial charge in [0.05, 0.1) is 0 Å². The van der Waals surface area contributed by atoms with E-state index < -0.39 is 0 Å². The van der Waals surface area contributed by atoms with Crippen LogP contribution in [0.3, 0.4) is 0 Å². The number of unbranched alkanes of at least 4 members (excludes halogenated alkanes) is 2. The molecule has 0 aliphatic heterocycles. The lowest BCUT2D eigenvalue weighted by atomic mass is 10.1. The first-order valence-electron chi connectivity index (χ1n) is 7.78. The van der Waals surface area contributed by atoms with Crippen molar-refractivity contribution in [3.63, 3.8) is 0 Å². The first-order chi connectivity index (χ1) is 9.61. The number of halogens is 1. The minimum absolute atomic E-state index is 0.641. The van der Waals surface area contributed by atoms with Crippen LogP contribution in [0.4, 0.5) is 0 Å². The van der Waals surface area contributed by atoms with Crippen LogP contribution in [0.5, 0.6) is 0 Å². The smallest absolute Gasteiger partial charge is 0.0231 e. The first kappa shape index (κ1) is 17.7. The average molecular weight is 341 g/mol. The summed E-state index contributed by atoms with van der Waals surface area (Å²) in [6, 6.07) is 9.22. The predicted molar refractivity (Wildman–Crippen MR) is 92.1 cm³/mol. The van der Waals surface area contributed by atoms with E-state index in [4.69, 9.17) is 0 Å². The maximum absolute atomic E-state index is 3.62. The van der Waals surface area contributed by atoms with Crippen LogP contribution in [0, 0.1) is 0 Å². The van der Waals surface area contributed by atoms with Gasteiger partial charge in [-0.3, -0.25) is 0 Å². The van der Waals surface area contributed by atoms with Crippen molar-refractivity contribution in [1.29, 1.82) is 0 Å². The fourth-order valence-corrected chi connectivity index (χ4v) is 2.55. The summed E-state index contributed by atoms with van der Waals surface area (Å²) in [6.45, 7) is 7.73. The summed E-state index contributed by atoms with van der Waals surface area (Å²) in [5, 5.41) is 3.62. The Hall–Kier alpha value is -0.380. The molecule has 1 unspecified atom stereocenters. The molecule has 3 heteroatoms. The zero-order valence-electron chi connectivity index (χ0n) is 13.2. The van der Waals surface area contributed by atoms with E-state index in [1.165, 1.54) is 31.2 Å². The van der Waals surface area contributed by atoms with Crippen LogP contribution < -0.4 is 5.32 Å². The second kappa shape index (κ2) is 10.4. The maximum Gasteiger partial charge on any atom is 0.0231 e. The molecule has 0 fully saturated rings. The Bertz CT molecular complexity index is 351. The van der Waals surface area contributed by atoms with Gasteiger partial charge in [-0.05, 0) is 38.1 Å². The highest BCUT2D eigenvalue weighted by molar-refractivity contribution is 9.10. The van der Waals surface area contributed by atoms with Gasteiger partial charge in [-0.2, -0.15) is 0 Å². The van der Waals surface area contributed by atoms with E-state index in [9.17, 15) is 0 Å². The molecule has 114 valence electrons. The molecular formula is C17H29BrN2. The van der Waals surface area contributed by atoms with Crippen LogP contribution >= 0.6 is 15.9 Å². The summed E-state index contributed by atoms with van der Waals surface area (Å²) in [5.41, 5.74) is 1.37. The van der Waals surface area contributed by atoms with Crippen molar-refractivity contribution in [1.82, 2.24) is 10.2 Å². The summed E-state index contributed by atoms with van der Waals surface area (Å²) in [4.78, 5) is 2.37. The lowest BCUT2D eigenvalue weighted by Gasteiger charge is -2.19. The summed E-state index contributed by atoms with van der Waals surface area (Å²) in [5.74, 6) is 0. The average Bonchev–Trinajstić information content (AvgIpc) is 2.42. The van der Waals surface area contributed by atoms with Crippen molar-refractivity contribution in [3.05, 3.63) is 34.3 Å². The van der Waals surface area contributed by atoms with Gasteiger partial charge in [0.2, 0.25) is 0 Å². The maximum atomic E-state index is 3.62. The molecule has 1 aromatic carbocycles. The molecule has 0 radical (unpaired) electrons. The monoisotopic (exact) mass is 340 g/mol. The number of hydrogen-bond donors (Lipinski definition) is 1. The Kier molecular flexibility index (Phi) is 9.16. The highest BCUT2D eigenvalue weighted by Crippen LogP contribution is 2.11. The minimum Gasteiger partial charge on any atom is -0.313 e. The Balaban J connectivity index is 2.13. The normalized spacial score (nSPS) is 12.8. The van der Waals surface area contributed by atoms with E-state index in [0.29, 0.717) is 6.04 Å². The fraction of sp³-hybridized carbons (Fsp3) is 0.647. The third-order valence-corrected chi connectivity index (χ3v) is 4.12. The highest BCUT2D eigenvalue weighted by Gasteiger charge is 2.03. The molecule has 0 heterocycles. The van der Waals surface area contributed by atoms with E-state index in [1.807, 2.05) is 0 Å². The Morgan fingerprint density at radius 2 is 1.90 bits per heavy atom. The predicted octanol–water partition coefficient (Wildman–Crippen LogP) is 4.44. The van der Waals surface area contributed by atoms with Crippen LogP contribution in [0.2, 0.25) is 0 Å². The Labute approximate surface area is 133 Å². The minimum atomic E-state index is 0.641. The van der Waals surface area contributed by atoms with Gasteiger partial charge >= 0.3 is 0 Å². The van der Waals surface area contributed by atoms with Gasteiger partial charge in [0.15, 0.2) is 0 Å². The van der Waals surface area contributed by atoms with E-state index >= 15 is 0 Å². The molecule has 20 heavy (non-hydrogen) atoms. The van der Waals surface area contributed by atoms with E-state index in [1.54, 1.807) is 0 Å². The topological polar surface area (TPSA) is 15.3 Å². The number of benzene rings is 1. The van der Waals surface area contributed by atoms with Crippen LogP contribution in [0.15, 0.2) is 28.7 Å². The van der Waals surface area contributed by atoms with Crippen LogP contribution in [0.25, 0.3) is 0 Å². The molecule has 0 saturated heterocycles. The van der Waals surface area contributed by atoms with Gasteiger partial charge in [-0.25, -0.2) is 0 Å². The molecule has 2 nitrogen and oxygen atoms in total. The molecule has 0 saturated carbocycles. The number of rotatable bonds is 10. The van der Waals surface area contributed by atoms with Gasteiger partial charge in [0.25, 0.3) is 0 Å². The second-order valence-electron chi connectivity index (χ2n) is 5.72. The number of likely N-dealkylation sites (N-methyl/N-ethyl adjacent to an activating group) is 1. The Morgan fingerprint density at radius 3 is 2.55 bits per heavy atom. The number of nitrogens with zero attached hydrogens (tertiary/aromatic N) is 1. The van der Waals surface area contributed by atoms with Gasteiger partial charge in [0.1, 0.15) is 0 Å². The Morgan fingerprint density at radius 1 is 1.20 bits per heavy atom. The second-order valence-corrected chi connectivity index (χ2v) is 6.63. The summed E-state index contributed by atoms with van der Waals surface area (Å²) in [6.07, 6.45) is 5.31. The zero-order valence-corrected chi connectivity index (χ0v) is 14.7. The van der Waals surface area contributed by atoms with Gasteiger partial charge in [0, 0.05) is 30.1 Å². The molecule has 1 aromatic rings. The molecule has 1 rings (SSSR count). The molecule has 0 spiro atoms. The van der Waals surface area contributed by atoms with Crippen LogP contribution in [0.1, 0.15) is 45.1 Å². The van der Waals surface area contributed by atoms with Crippen LogP contribution in [-0.4, -0.2) is 31.1 Å². The quantitative estimate of drug-likeness (QED) is 0.633. The molecule has 1 atom stereocenters. The molecule has 0 bridgehead atoms. The van der Waals surface area contributed by atoms with E-state index in [0.717, 1.165) is 24.1 Å². The van der Waals surface area contributed by atoms with Crippen molar-refractivity contribution in [2.24, 2.45) is 0 Å². The molecular weight excluding hydrogens is 312 g/mol. The van der Waals surface area contributed by atoms with Crippen molar-refractivity contribution >= 4 is 15.9 Å². The van der Waals surface area contributed by atoms with Crippen molar-refractivity contribution in [3.8, 4) is 0 Å². The summed E-state index contributed by atoms with van der Waals surface area (Å²) in [7, 11) is 2.19. The standard InChI is InChI=1S/C17H29BrN2/c1-4-5-6-7-15(2)19-12-13-20(3)14-16-8-10-17(18)11-9-16/h8-11,15,19H,4-7,12-14H2,1-3H3. The molecule has 0 amide bonds. The van der Waals surface area contributed by atoms with E-state index in [-0.39, 0.29) is 0 Å². The summed E-state index contributed by atoms with van der Waals surface area (Å²) >= 11 is 3.47. The fourth-order valence-electron chi connectivity index (χ4n) is 2.28. The molecule has 1 N–H and O–H groups in total. The van der Waals surface area contributed by atoms with E-state index in [2.05, 4.69) is 71.3 Å². The highest BCUT2D eigenvalue weighted by atomic mass is 79.9. The van der Waals surface area contributed by atoms with Gasteiger partial charge in [-0.1, -0.05) is 54.2 Å². The molecule has 0 aromatic heterocycles. The largest absolute Gasteiger partial charge is 0.313 e. The summed E-state index contributed by atoms with van der Waals surface area (Å²) < 4.78 is 1.14. The zero-order chi connectivity index (χ0) is 14.8. The third-order valence-electron chi connectivity index (χ3n) is 3.59. The molecule has 0 aliphatic rings. The number of nitrogens with one attached hydrogen (secondary N) is 1. The van der Waals surface area contributed by atoms with Crippen molar-refractivity contribution < 1.29 is 0 Å². The third kappa shape index (κ3) is 8.03. The molecule has 0 aliphatic carbocycles. The SMILES string of the molecule is CCCCCC(C)NCCN(C)Cc1ccc(Br)cc1.